The van der Waals surface area contributed by atoms with Crippen LogP contribution in [0.5, 0.6) is 0 Å². The Kier molecular flexibility index (Phi) is 61.7. The van der Waals surface area contributed by atoms with E-state index in [0.717, 1.165) is 70.6 Å². The predicted octanol–water partition coefficient (Wildman–Crippen LogP) is 22.6. The molecule has 0 spiro atoms. The van der Waals surface area contributed by atoms with Gasteiger partial charge < -0.3 is 14.2 Å². The fraction of sp³-hybridized carbons (Fsp3) is 0.841. The van der Waals surface area contributed by atoms with E-state index >= 15 is 0 Å². The third-order valence-corrected chi connectivity index (χ3v) is 14.8. The molecular formula is C69H126O6. The van der Waals surface area contributed by atoms with Crippen molar-refractivity contribution >= 4 is 17.9 Å². The topological polar surface area (TPSA) is 78.9 Å². The molecule has 0 aromatic carbocycles. The van der Waals surface area contributed by atoms with E-state index in [1.807, 2.05) is 0 Å². The standard InChI is InChI=1S/C69H126O6/c1-4-7-10-13-16-18-20-22-24-26-28-29-30-31-32-33-34-35-36-37-38-39-41-42-44-46-48-50-53-56-59-62-68(71)74-65-66(64-73-67(70)61-58-55-52-15-12-9-6-3)75-69(72)63-60-57-54-51-49-47-45-43-40-27-25-23-21-19-17-14-11-8-5-2/h20,22-23,25-26,28,30-31,66H,4-19,21,24,27,29,32-65H2,1-3H3/b22-20-,25-23-,28-26-,31-30-. The number of unbranched alkanes of at least 4 members (excludes halogenated alkanes) is 42. The first kappa shape index (κ1) is 72.4. The largest absolute Gasteiger partial charge is 0.462 e. The van der Waals surface area contributed by atoms with Gasteiger partial charge in [0.05, 0.1) is 0 Å². The summed E-state index contributed by atoms with van der Waals surface area (Å²) < 4.78 is 16.9. The number of rotatable bonds is 61. The van der Waals surface area contributed by atoms with Crippen LogP contribution in [0.3, 0.4) is 0 Å². The lowest BCUT2D eigenvalue weighted by Crippen LogP contribution is -2.30. The van der Waals surface area contributed by atoms with Crippen molar-refractivity contribution in [2.45, 2.75) is 361 Å². The van der Waals surface area contributed by atoms with E-state index in [4.69, 9.17) is 14.2 Å². The van der Waals surface area contributed by atoms with Crippen LogP contribution < -0.4 is 0 Å². The van der Waals surface area contributed by atoms with Crippen LogP contribution in [-0.4, -0.2) is 37.2 Å². The highest BCUT2D eigenvalue weighted by Crippen LogP contribution is 2.17. The van der Waals surface area contributed by atoms with Crippen molar-refractivity contribution in [1.29, 1.82) is 0 Å². The first-order chi connectivity index (χ1) is 37.0. The normalized spacial score (nSPS) is 12.3. The highest BCUT2D eigenvalue weighted by atomic mass is 16.6. The lowest BCUT2D eigenvalue weighted by molar-refractivity contribution is -0.167. The second-order valence-electron chi connectivity index (χ2n) is 22.4. The molecule has 1 atom stereocenters. The van der Waals surface area contributed by atoms with Crippen LogP contribution in [0, 0.1) is 0 Å². The third kappa shape index (κ3) is 62.1. The Labute approximate surface area is 467 Å². The molecule has 0 aliphatic rings. The molecule has 0 aromatic rings. The maximum Gasteiger partial charge on any atom is 0.306 e. The van der Waals surface area contributed by atoms with Gasteiger partial charge in [0.2, 0.25) is 0 Å². The molecule has 0 aliphatic heterocycles. The Morgan fingerprint density at radius 2 is 0.480 bits per heavy atom. The lowest BCUT2D eigenvalue weighted by Gasteiger charge is -2.18. The molecule has 0 radical (unpaired) electrons. The molecule has 0 saturated heterocycles. The number of ether oxygens (including phenoxy) is 3. The van der Waals surface area contributed by atoms with Gasteiger partial charge in [-0.25, -0.2) is 0 Å². The van der Waals surface area contributed by atoms with Gasteiger partial charge in [0.25, 0.3) is 0 Å². The van der Waals surface area contributed by atoms with Crippen molar-refractivity contribution in [1.82, 2.24) is 0 Å². The maximum atomic E-state index is 12.9. The Hall–Kier alpha value is -2.63. The highest BCUT2D eigenvalue weighted by molar-refractivity contribution is 5.71. The van der Waals surface area contributed by atoms with Crippen LogP contribution in [0.1, 0.15) is 355 Å². The number of allylic oxidation sites excluding steroid dienone is 8. The summed E-state index contributed by atoms with van der Waals surface area (Å²) in [5.41, 5.74) is 0. The lowest BCUT2D eigenvalue weighted by atomic mass is 10.0. The second kappa shape index (κ2) is 63.9. The van der Waals surface area contributed by atoms with E-state index in [0.29, 0.717) is 19.3 Å². The van der Waals surface area contributed by atoms with Gasteiger partial charge in [-0.1, -0.05) is 301 Å². The summed E-state index contributed by atoms with van der Waals surface area (Å²) >= 11 is 0. The molecule has 6 nitrogen and oxygen atoms in total. The summed E-state index contributed by atoms with van der Waals surface area (Å²) in [6, 6.07) is 0. The summed E-state index contributed by atoms with van der Waals surface area (Å²) in [5, 5.41) is 0. The van der Waals surface area contributed by atoms with Crippen LogP contribution >= 0.6 is 0 Å². The average Bonchev–Trinajstić information content (AvgIpc) is 3.41. The quantitative estimate of drug-likeness (QED) is 0.0261. The van der Waals surface area contributed by atoms with Crippen molar-refractivity contribution in [3.8, 4) is 0 Å². The summed E-state index contributed by atoms with van der Waals surface area (Å²) in [4.78, 5) is 38.1. The van der Waals surface area contributed by atoms with E-state index in [9.17, 15) is 14.4 Å². The van der Waals surface area contributed by atoms with Crippen LogP contribution in [0.4, 0.5) is 0 Å². The molecule has 75 heavy (non-hydrogen) atoms. The molecule has 0 N–H and O–H groups in total. The number of hydrogen-bond acceptors (Lipinski definition) is 6. The van der Waals surface area contributed by atoms with Gasteiger partial charge in [0, 0.05) is 19.3 Å². The number of hydrogen-bond donors (Lipinski definition) is 0. The number of carbonyl (C=O) groups is 3. The summed E-state index contributed by atoms with van der Waals surface area (Å²) in [5.74, 6) is -0.859. The summed E-state index contributed by atoms with van der Waals surface area (Å²) in [6.45, 7) is 6.63. The smallest absolute Gasteiger partial charge is 0.306 e. The Morgan fingerprint density at radius 3 is 0.760 bits per heavy atom. The molecule has 6 heteroatoms. The zero-order valence-corrected chi connectivity index (χ0v) is 50.3. The fourth-order valence-corrected chi connectivity index (χ4v) is 9.80. The minimum Gasteiger partial charge on any atom is -0.462 e. The minimum atomic E-state index is -0.770. The molecule has 0 fully saturated rings. The first-order valence-corrected chi connectivity index (χ1v) is 33.1. The van der Waals surface area contributed by atoms with Gasteiger partial charge in [0.15, 0.2) is 6.10 Å². The van der Waals surface area contributed by atoms with Crippen molar-refractivity contribution in [2.75, 3.05) is 13.2 Å². The summed E-state index contributed by atoms with van der Waals surface area (Å²) in [7, 11) is 0. The van der Waals surface area contributed by atoms with Gasteiger partial charge in [0.1, 0.15) is 13.2 Å². The van der Waals surface area contributed by atoms with Gasteiger partial charge in [-0.2, -0.15) is 0 Å². The predicted molar refractivity (Wildman–Crippen MR) is 325 cm³/mol. The van der Waals surface area contributed by atoms with Gasteiger partial charge in [-0.3, -0.25) is 14.4 Å². The SMILES string of the molecule is CCCCCCC/C=C\C/C=C\C/C=C\CCCCCCCCCCCCCCCCCCC(=O)OCC(COC(=O)CCCCCCCCC)OC(=O)CCCCCCCCCCC/C=C\CCCCCCCC. The molecule has 0 heterocycles. The van der Waals surface area contributed by atoms with Crippen LogP contribution in [0.2, 0.25) is 0 Å². The molecule has 0 saturated carbocycles. The van der Waals surface area contributed by atoms with Crippen molar-refractivity contribution < 1.29 is 28.6 Å². The Morgan fingerprint density at radius 1 is 0.267 bits per heavy atom. The van der Waals surface area contributed by atoms with Crippen molar-refractivity contribution in [2.24, 2.45) is 0 Å². The summed E-state index contributed by atoms with van der Waals surface area (Å²) in [6.07, 6.45) is 80.1. The van der Waals surface area contributed by atoms with E-state index in [1.165, 1.54) is 244 Å². The molecule has 0 aliphatic carbocycles. The Balaban J connectivity index is 4.03. The fourth-order valence-electron chi connectivity index (χ4n) is 9.80. The zero-order chi connectivity index (χ0) is 54.3. The molecule has 438 valence electrons. The van der Waals surface area contributed by atoms with Crippen molar-refractivity contribution in [3.63, 3.8) is 0 Å². The Bertz CT molecular complexity index is 1300. The molecule has 0 rings (SSSR count). The zero-order valence-electron chi connectivity index (χ0n) is 50.3. The van der Waals surface area contributed by atoms with Crippen LogP contribution in [0.25, 0.3) is 0 Å². The first-order valence-electron chi connectivity index (χ1n) is 33.1. The van der Waals surface area contributed by atoms with E-state index in [-0.39, 0.29) is 31.1 Å². The monoisotopic (exact) mass is 1050 g/mol. The number of carbonyl (C=O) groups excluding carboxylic acids is 3. The van der Waals surface area contributed by atoms with Gasteiger partial charge in [-0.05, 0) is 83.5 Å². The molecular weight excluding hydrogens is 925 g/mol. The maximum absolute atomic E-state index is 12.9. The molecule has 0 aromatic heterocycles. The highest BCUT2D eigenvalue weighted by Gasteiger charge is 2.19. The number of esters is 3. The van der Waals surface area contributed by atoms with Crippen molar-refractivity contribution in [3.05, 3.63) is 48.6 Å². The molecule has 1 unspecified atom stereocenters. The van der Waals surface area contributed by atoms with E-state index < -0.39 is 6.10 Å². The van der Waals surface area contributed by atoms with Gasteiger partial charge in [-0.15, -0.1) is 0 Å². The van der Waals surface area contributed by atoms with Crippen LogP contribution in [-0.2, 0) is 28.6 Å². The second-order valence-corrected chi connectivity index (χ2v) is 22.4. The molecule has 0 bridgehead atoms. The average molecular weight is 1050 g/mol. The third-order valence-electron chi connectivity index (χ3n) is 14.8. The minimum absolute atomic E-state index is 0.0699. The van der Waals surface area contributed by atoms with Crippen LogP contribution in [0.15, 0.2) is 48.6 Å². The van der Waals surface area contributed by atoms with E-state index in [2.05, 4.69) is 69.4 Å². The van der Waals surface area contributed by atoms with E-state index in [1.54, 1.807) is 0 Å². The molecule has 0 amide bonds. The van der Waals surface area contributed by atoms with Gasteiger partial charge >= 0.3 is 17.9 Å².